The molecular weight excluding hydrogens is 332 g/mol. The molecule has 1 aliphatic heterocycles. The summed E-state index contributed by atoms with van der Waals surface area (Å²) in [5.74, 6) is -0.208. The first-order valence-electron chi connectivity index (χ1n) is 8.83. The summed E-state index contributed by atoms with van der Waals surface area (Å²) in [6.45, 7) is 4.67. The minimum Gasteiger partial charge on any atom is -0.338 e. The van der Waals surface area contributed by atoms with Crippen LogP contribution >= 0.6 is 0 Å². The van der Waals surface area contributed by atoms with E-state index >= 15 is 0 Å². The van der Waals surface area contributed by atoms with Crippen molar-refractivity contribution < 1.29 is 14.4 Å². The quantitative estimate of drug-likeness (QED) is 0.491. The maximum atomic E-state index is 12.2. The maximum absolute atomic E-state index is 12.2. The highest BCUT2D eigenvalue weighted by Gasteiger charge is 2.45. The van der Waals surface area contributed by atoms with Gasteiger partial charge in [-0.05, 0) is 25.3 Å². The summed E-state index contributed by atoms with van der Waals surface area (Å²) in [5, 5.41) is 8.15. The molecule has 1 unspecified atom stereocenters. The number of imide groups is 1. The minimum atomic E-state index is -0.813. The molecule has 1 aliphatic rings. The summed E-state index contributed by atoms with van der Waals surface area (Å²) in [7, 11) is 0. The van der Waals surface area contributed by atoms with Crippen LogP contribution in [0.1, 0.15) is 32.3 Å². The number of amides is 5. The van der Waals surface area contributed by atoms with Gasteiger partial charge in [0.15, 0.2) is 0 Å². The van der Waals surface area contributed by atoms with E-state index in [1.807, 2.05) is 49.4 Å². The van der Waals surface area contributed by atoms with E-state index in [1.165, 1.54) is 4.90 Å². The highest BCUT2D eigenvalue weighted by Crippen LogP contribution is 2.20. The van der Waals surface area contributed by atoms with Gasteiger partial charge in [-0.2, -0.15) is 0 Å². The van der Waals surface area contributed by atoms with Crippen LogP contribution in [-0.4, -0.2) is 48.0 Å². The largest absolute Gasteiger partial charge is 0.338 e. The van der Waals surface area contributed by atoms with Gasteiger partial charge in [0.25, 0.3) is 5.91 Å². The lowest BCUT2D eigenvalue weighted by molar-refractivity contribution is -0.130. The molecule has 7 nitrogen and oxygen atoms in total. The number of carbonyl (C=O) groups is 3. The molecule has 1 aromatic carbocycles. The van der Waals surface area contributed by atoms with Crippen molar-refractivity contribution in [3.8, 4) is 0 Å². The molecule has 1 saturated heterocycles. The van der Waals surface area contributed by atoms with Gasteiger partial charge in [-0.25, -0.2) is 9.59 Å². The topological polar surface area (TPSA) is 90.5 Å². The Morgan fingerprint density at radius 2 is 1.96 bits per heavy atom. The minimum absolute atomic E-state index is 0.208. The molecule has 0 bridgehead atoms. The Bertz CT molecular complexity index is 675. The van der Waals surface area contributed by atoms with Crippen LogP contribution in [0.3, 0.4) is 0 Å². The molecule has 0 spiro atoms. The molecule has 26 heavy (non-hydrogen) atoms. The molecule has 2 rings (SSSR count). The van der Waals surface area contributed by atoms with E-state index in [2.05, 4.69) is 16.0 Å². The third kappa shape index (κ3) is 5.08. The van der Waals surface area contributed by atoms with Gasteiger partial charge < -0.3 is 16.0 Å². The zero-order valence-corrected chi connectivity index (χ0v) is 15.2. The van der Waals surface area contributed by atoms with Crippen molar-refractivity contribution in [3.05, 3.63) is 42.0 Å². The number of benzene rings is 1. The molecule has 1 heterocycles. The lowest BCUT2D eigenvalue weighted by Crippen LogP contribution is -2.43. The van der Waals surface area contributed by atoms with Crippen molar-refractivity contribution in [2.75, 3.05) is 19.6 Å². The fourth-order valence-corrected chi connectivity index (χ4v) is 2.60. The average Bonchev–Trinajstić information content (AvgIpc) is 2.86. The van der Waals surface area contributed by atoms with Gasteiger partial charge in [-0.1, -0.05) is 49.4 Å². The van der Waals surface area contributed by atoms with Gasteiger partial charge in [0.2, 0.25) is 0 Å². The molecule has 5 amide bonds. The van der Waals surface area contributed by atoms with Crippen molar-refractivity contribution in [3.63, 3.8) is 0 Å². The van der Waals surface area contributed by atoms with Crippen LogP contribution in [0.2, 0.25) is 0 Å². The average molecular weight is 358 g/mol. The Morgan fingerprint density at radius 1 is 1.23 bits per heavy atom. The number of hydrogen-bond acceptors (Lipinski definition) is 3. The van der Waals surface area contributed by atoms with E-state index in [4.69, 9.17) is 0 Å². The Kier molecular flexibility index (Phi) is 6.77. The van der Waals surface area contributed by atoms with Crippen LogP contribution in [0.5, 0.6) is 0 Å². The number of nitrogens with one attached hydrogen (secondary N) is 3. The molecule has 140 valence electrons. The third-order valence-corrected chi connectivity index (χ3v) is 4.39. The number of hydrogen-bond donors (Lipinski definition) is 3. The summed E-state index contributed by atoms with van der Waals surface area (Å²) < 4.78 is 0. The molecule has 7 heteroatoms. The van der Waals surface area contributed by atoms with Gasteiger partial charge in [0.1, 0.15) is 5.54 Å². The molecule has 1 aromatic rings. The number of urea groups is 2. The first kappa shape index (κ1) is 19.5. The van der Waals surface area contributed by atoms with E-state index in [0.29, 0.717) is 25.9 Å². The normalized spacial score (nSPS) is 19.7. The second kappa shape index (κ2) is 9.03. The van der Waals surface area contributed by atoms with Gasteiger partial charge in [0, 0.05) is 19.6 Å². The third-order valence-electron chi connectivity index (χ3n) is 4.39. The van der Waals surface area contributed by atoms with Crippen molar-refractivity contribution in [1.82, 2.24) is 20.9 Å². The summed E-state index contributed by atoms with van der Waals surface area (Å²) >= 11 is 0. The number of carbonyl (C=O) groups excluding carboxylic acids is 3. The summed E-state index contributed by atoms with van der Waals surface area (Å²) in [5.41, 5.74) is 0.259. The predicted octanol–water partition coefficient (Wildman–Crippen LogP) is 2.11. The smallest absolute Gasteiger partial charge is 0.325 e. The summed E-state index contributed by atoms with van der Waals surface area (Å²) in [6, 6.07) is 9.17. The molecule has 1 atom stereocenters. The van der Waals surface area contributed by atoms with Gasteiger partial charge in [-0.15, -0.1) is 0 Å². The molecule has 3 N–H and O–H groups in total. The number of nitrogens with zero attached hydrogens (tertiary/aromatic N) is 1. The lowest BCUT2D eigenvalue weighted by Gasteiger charge is -2.19. The lowest BCUT2D eigenvalue weighted by atomic mass is 9.99. The fourth-order valence-electron chi connectivity index (χ4n) is 2.60. The van der Waals surface area contributed by atoms with Crippen molar-refractivity contribution in [2.24, 2.45) is 0 Å². The monoisotopic (exact) mass is 358 g/mol. The standard InChI is InChI=1S/C19H26N4O3/c1-3-19(2)16(24)23(18(26)22-19)14-8-13-21-17(25)20-12-7-11-15-9-5-4-6-10-15/h4-7,9-11H,3,8,12-14H2,1-2H3,(H,22,26)(H2,20,21,25). The van der Waals surface area contributed by atoms with Gasteiger partial charge in [0.05, 0.1) is 0 Å². The van der Waals surface area contributed by atoms with Gasteiger partial charge in [-0.3, -0.25) is 9.69 Å². The molecule has 0 aliphatic carbocycles. The summed E-state index contributed by atoms with van der Waals surface area (Å²) in [6.07, 6.45) is 4.85. The molecule has 0 aromatic heterocycles. The molecular formula is C19H26N4O3. The van der Waals surface area contributed by atoms with E-state index < -0.39 is 5.54 Å². The molecule has 0 saturated carbocycles. The fraction of sp³-hybridized carbons (Fsp3) is 0.421. The first-order valence-corrected chi connectivity index (χ1v) is 8.83. The summed E-state index contributed by atoms with van der Waals surface area (Å²) in [4.78, 5) is 37.0. The highest BCUT2D eigenvalue weighted by molar-refractivity contribution is 6.06. The zero-order valence-electron chi connectivity index (χ0n) is 15.2. The van der Waals surface area contributed by atoms with Crippen molar-refractivity contribution in [1.29, 1.82) is 0 Å². The second-order valence-corrected chi connectivity index (χ2v) is 6.38. The van der Waals surface area contributed by atoms with Crippen LogP contribution in [-0.2, 0) is 4.79 Å². The zero-order chi connectivity index (χ0) is 19.0. The first-order chi connectivity index (χ1) is 12.5. The number of rotatable bonds is 8. The van der Waals surface area contributed by atoms with Crippen molar-refractivity contribution >= 4 is 24.0 Å². The SMILES string of the molecule is CCC1(C)NC(=O)N(CCCNC(=O)NCC=Cc2ccccc2)C1=O. The van der Waals surface area contributed by atoms with Crippen LogP contribution in [0.4, 0.5) is 9.59 Å². The maximum Gasteiger partial charge on any atom is 0.325 e. The van der Waals surface area contributed by atoms with Crippen LogP contribution in [0, 0.1) is 0 Å². The van der Waals surface area contributed by atoms with Crippen LogP contribution < -0.4 is 16.0 Å². The van der Waals surface area contributed by atoms with E-state index in [0.717, 1.165) is 5.56 Å². The second-order valence-electron chi connectivity index (χ2n) is 6.38. The van der Waals surface area contributed by atoms with Crippen LogP contribution in [0.15, 0.2) is 36.4 Å². The Labute approximate surface area is 153 Å². The van der Waals surface area contributed by atoms with Crippen molar-refractivity contribution in [2.45, 2.75) is 32.2 Å². The van der Waals surface area contributed by atoms with E-state index in [1.54, 1.807) is 6.92 Å². The Balaban J connectivity index is 1.62. The Morgan fingerprint density at radius 3 is 2.62 bits per heavy atom. The van der Waals surface area contributed by atoms with E-state index in [-0.39, 0.29) is 24.5 Å². The van der Waals surface area contributed by atoms with E-state index in [9.17, 15) is 14.4 Å². The van der Waals surface area contributed by atoms with Gasteiger partial charge >= 0.3 is 12.1 Å². The highest BCUT2D eigenvalue weighted by atomic mass is 16.2. The molecule has 0 radical (unpaired) electrons. The molecule has 1 fully saturated rings. The Hall–Kier alpha value is -2.83. The van der Waals surface area contributed by atoms with Crippen LogP contribution in [0.25, 0.3) is 6.08 Å². The predicted molar refractivity (Wildman–Crippen MR) is 100 cm³/mol.